The number of fused-ring (bicyclic) bond motifs is 2. The van der Waals surface area contributed by atoms with E-state index in [0.717, 1.165) is 38.9 Å². The lowest BCUT2D eigenvalue weighted by atomic mass is 9.84. The topological polar surface area (TPSA) is 121 Å². The van der Waals surface area contributed by atoms with Crippen LogP contribution < -0.4 is 4.74 Å². The Morgan fingerprint density at radius 3 is 2.68 bits per heavy atom. The molecular formula is C28H32N4O5S. The number of para-hydroxylation sites is 1. The monoisotopic (exact) mass is 536 g/mol. The van der Waals surface area contributed by atoms with Gasteiger partial charge in [-0.3, -0.25) is 13.9 Å². The minimum absolute atomic E-state index is 0.0910. The van der Waals surface area contributed by atoms with Crippen LogP contribution in [0.1, 0.15) is 47.1 Å². The summed E-state index contributed by atoms with van der Waals surface area (Å²) in [5, 5.41) is 18.2. The van der Waals surface area contributed by atoms with Crippen LogP contribution >= 0.6 is 10.8 Å². The SMILES string of the molecule is Cc1ccc([C@H](CC(=O)O)c2ccc3c(nnn3C)c2C)cc1CN1C[C@@H](C)Oc2ccccc2S1(O)O. The molecule has 0 amide bonds. The highest BCUT2D eigenvalue weighted by molar-refractivity contribution is 8.22. The Morgan fingerprint density at radius 1 is 1.16 bits per heavy atom. The highest BCUT2D eigenvalue weighted by Gasteiger charge is 2.34. The average Bonchev–Trinajstić information content (AvgIpc) is 3.21. The molecule has 2 heterocycles. The van der Waals surface area contributed by atoms with Gasteiger partial charge in [0, 0.05) is 19.5 Å². The Labute approximate surface area is 223 Å². The fourth-order valence-corrected chi connectivity index (χ4v) is 6.85. The number of aryl methyl sites for hydroxylation is 3. The summed E-state index contributed by atoms with van der Waals surface area (Å²) in [5.74, 6) is -0.838. The summed E-state index contributed by atoms with van der Waals surface area (Å²) in [4.78, 5) is 12.3. The lowest BCUT2D eigenvalue weighted by Crippen LogP contribution is -2.33. The number of benzene rings is 3. The second kappa shape index (κ2) is 10.0. The number of hydrogen-bond donors (Lipinski definition) is 3. The van der Waals surface area contributed by atoms with Crippen molar-refractivity contribution in [1.82, 2.24) is 19.3 Å². The molecule has 1 aromatic heterocycles. The van der Waals surface area contributed by atoms with Crippen LogP contribution in [0.5, 0.6) is 5.75 Å². The number of ether oxygens (including phenoxy) is 1. The van der Waals surface area contributed by atoms with Crippen LogP contribution in [0.15, 0.2) is 59.5 Å². The number of aromatic nitrogens is 3. The van der Waals surface area contributed by atoms with Crippen LogP contribution in [0.2, 0.25) is 0 Å². The molecule has 0 saturated carbocycles. The van der Waals surface area contributed by atoms with E-state index >= 15 is 0 Å². The Bertz CT molecular complexity index is 1520. The van der Waals surface area contributed by atoms with Crippen molar-refractivity contribution >= 4 is 27.8 Å². The smallest absolute Gasteiger partial charge is 0.304 e. The zero-order chi connectivity index (χ0) is 27.2. The Hall–Kier alpha value is -3.44. The fourth-order valence-electron chi connectivity index (χ4n) is 5.19. The Balaban J connectivity index is 1.54. The van der Waals surface area contributed by atoms with E-state index < -0.39 is 22.7 Å². The van der Waals surface area contributed by atoms with Gasteiger partial charge < -0.3 is 9.84 Å². The first-order valence-electron chi connectivity index (χ1n) is 12.5. The van der Waals surface area contributed by atoms with E-state index in [2.05, 4.69) is 10.3 Å². The Kier molecular flexibility index (Phi) is 6.91. The van der Waals surface area contributed by atoms with Gasteiger partial charge in [-0.2, -0.15) is 4.31 Å². The van der Waals surface area contributed by atoms with Gasteiger partial charge in [0.05, 0.1) is 18.5 Å². The van der Waals surface area contributed by atoms with Crippen molar-refractivity contribution in [3.05, 3.63) is 82.4 Å². The summed E-state index contributed by atoms with van der Waals surface area (Å²) in [5.41, 5.74) is 6.12. The predicted molar refractivity (Wildman–Crippen MR) is 147 cm³/mol. The van der Waals surface area contributed by atoms with Crippen molar-refractivity contribution in [3.63, 3.8) is 0 Å². The van der Waals surface area contributed by atoms with E-state index in [1.165, 1.54) is 0 Å². The third-order valence-electron chi connectivity index (χ3n) is 7.25. The lowest BCUT2D eigenvalue weighted by Gasteiger charge is -2.42. The van der Waals surface area contributed by atoms with Crippen molar-refractivity contribution in [2.45, 2.75) is 50.7 Å². The van der Waals surface area contributed by atoms with E-state index in [1.807, 2.05) is 64.2 Å². The van der Waals surface area contributed by atoms with Gasteiger partial charge in [-0.05, 0) is 66.8 Å². The molecule has 0 bridgehead atoms. The summed E-state index contributed by atoms with van der Waals surface area (Å²) in [6.45, 7) is 6.41. The average molecular weight is 537 g/mol. The molecule has 0 unspecified atom stereocenters. The van der Waals surface area contributed by atoms with Crippen LogP contribution in [0, 0.1) is 13.8 Å². The normalized spacial score (nSPS) is 18.8. The van der Waals surface area contributed by atoms with Gasteiger partial charge >= 0.3 is 5.97 Å². The maximum atomic E-state index is 12.0. The summed E-state index contributed by atoms with van der Waals surface area (Å²) in [6.07, 6.45) is -0.346. The Morgan fingerprint density at radius 2 is 1.92 bits per heavy atom. The predicted octanol–water partition coefficient (Wildman–Crippen LogP) is 5.50. The molecule has 4 aromatic rings. The highest BCUT2D eigenvalue weighted by atomic mass is 32.3. The van der Waals surface area contributed by atoms with Crippen LogP contribution in [-0.2, 0) is 18.4 Å². The van der Waals surface area contributed by atoms with Crippen molar-refractivity contribution in [3.8, 4) is 5.75 Å². The molecule has 0 spiro atoms. The van der Waals surface area contributed by atoms with Crippen LogP contribution in [0.3, 0.4) is 0 Å². The molecule has 200 valence electrons. The number of carbonyl (C=O) groups is 1. The van der Waals surface area contributed by atoms with E-state index in [4.69, 9.17) is 4.74 Å². The first-order valence-corrected chi connectivity index (χ1v) is 14.0. The van der Waals surface area contributed by atoms with Gasteiger partial charge in [0.1, 0.15) is 22.3 Å². The van der Waals surface area contributed by atoms with Gasteiger partial charge in [-0.1, -0.05) is 41.6 Å². The molecule has 3 aromatic carbocycles. The van der Waals surface area contributed by atoms with E-state index in [1.54, 1.807) is 27.2 Å². The highest BCUT2D eigenvalue weighted by Crippen LogP contribution is 2.57. The third kappa shape index (κ3) is 4.76. The van der Waals surface area contributed by atoms with Crippen molar-refractivity contribution in [1.29, 1.82) is 0 Å². The minimum Gasteiger partial charge on any atom is -0.487 e. The number of hydrogen-bond acceptors (Lipinski definition) is 7. The van der Waals surface area contributed by atoms with Crippen LogP contribution in [-0.4, -0.2) is 52.1 Å². The molecule has 2 atom stereocenters. The molecule has 3 N–H and O–H groups in total. The van der Waals surface area contributed by atoms with E-state index in [0.29, 0.717) is 17.2 Å². The minimum atomic E-state index is -3.30. The first kappa shape index (κ1) is 26.2. The van der Waals surface area contributed by atoms with E-state index in [-0.39, 0.29) is 19.1 Å². The summed E-state index contributed by atoms with van der Waals surface area (Å²) < 4.78 is 32.0. The molecule has 38 heavy (non-hydrogen) atoms. The first-order chi connectivity index (χ1) is 18.1. The molecule has 0 fully saturated rings. The number of nitrogens with zero attached hydrogens (tertiary/aromatic N) is 4. The van der Waals surface area contributed by atoms with Crippen LogP contribution in [0.4, 0.5) is 0 Å². The molecule has 0 radical (unpaired) electrons. The quantitative estimate of drug-likeness (QED) is 0.295. The van der Waals surface area contributed by atoms with Crippen molar-refractivity contribution in [2.75, 3.05) is 6.54 Å². The summed E-state index contributed by atoms with van der Waals surface area (Å²) >= 11 is 0. The van der Waals surface area contributed by atoms with Gasteiger partial charge in [0.25, 0.3) is 0 Å². The zero-order valence-corrected chi connectivity index (χ0v) is 22.6. The fraction of sp³-hybridized carbons (Fsp3) is 0.321. The largest absolute Gasteiger partial charge is 0.487 e. The van der Waals surface area contributed by atoms with Crippen LogP contribution in [0.25, 0.3) is 11.0 Å². The number of aliphatic carboxylic acids is 1. The molecule has 0 aliphatic carbocycles. The lowest BCUT2D eigenvalue weighted by molar-refractivity contribution is -0.137. The molecule has 1 aliphatic rings. The molecule has 0 saturated heterocycles. The van der Waals surface area contributed by atoms with E-state index in [9.17, 15) is 19.0 Å². The second-order valence-electron chi connectivity index (χ2n) is 9.91. The zero-order valence-electron chi connectivity index (χ0n) is 21.8. The third-order valence-corrected chi connectivity index (χ3v) is 9.17. The molecule has 10 heteroatoms. The van der Waals surface area contributed by atoms with Gasteiger partial charge in [0.2, 0.25) is 0 Å². The van der Waals surface area contributed by atoms with Crippen molar-refractivity contribution < 1.29 is 23.7 Å². The van der Waals surface area contributed by atoms with Gasteiger partial charge in [0.15, 0.2) is 0 Å². The molecule has 1 aliphatic heterocycles. The standard InChI is InChI=1S/C28H32N4O5S/c1-17-9-10-20(23(14-27(33)34)22-11-12-24-28(19(22)3)29-30-31(24)4)13-21(17)16-32-15-18(2)37-25-7-5-6-8-26(25)38(32,35)36/h5-13,18,23,35-36H,14-16H2,1-4H3,(H,33,34)/t18-,23+/m1/s1. The van der Waals surface area contributed by atoms with Gasteiger partial charge in [-0.15, -0.1) is 15.9 Å². The maximum absolute atomic E-state index is 12.0. The summed E-state index contributed by atoms with van der Waals surface area (Å²) in [7, 11) is -1.48. The number of carboxylic acid groups (broad SMARTS) is 1. The molecular weight excluding hydrogens is 504 g/mol. The van der Waals surface area contributed by atoms with Crippen molar-refractivity contribution in [2.24, 2.45) is 7.05 Å². The number of rotatable bonds is 6. The molecule has 5 rings (SSSR count). The van der Waals surface area contributed by atoms with Gasteiger partial charge in [-0.25, -0.2) is 4.68 Å². The number of carboxylic acids is 1. The second-order valence-corrected chi connectivity index (χ2v) is 11.9. The maximum Gasteiger partial charge on any atom is 0.304 e. The molecule has 9 nitrogen and oxygen atoms in total. The summed E-state index contributed by atoms with van der Waals surface area (Å²) in [6, 6.07) is 16.8.